The zero-order valence-electron chi connectivity index (χ0n) is 12.2. The van der Waals surface area contributed by atoms with E-state index in [0.717, 1.165) is 24.3 Å². The zero-order chi connectivity index (χ0) is 13.9. The van der Waals surface area contributed by atoms with Gasteiger partial charge in [0.1, 0.15) is 0 Å². The number of halogens is 1. The summed E-state index contributed by atoms with van der Waals surface area (Å²) < 4.78 is 0. The summed E-state index contributed by atoms with van der Waals surface area (Å²) in [4.78, 5) is 8.43. The van der Waals surface area contributed by atoms with Gasteiger partial charge in [0.2, 0.25) is 0 Å². The third-order valence-electron chi connectivity index (χ3n) is 3.57. The molecular formula is C17H19BrN2S. The number of benzene rings is 1. The number of nitrogens with zero attached hydrogens (tertiary/aromatic N) is 2. The molecule has 0 fully saturated rings. The summed E-state index contributed by atoms with van der Waals surface area (Å²) >= 11 is 1.74. The lowest BCUT2D eigenvalue weighted by Crippen LogP contribution is -2.22. The summed E-state index contributed by atoms with van der Waals surface area (Å²) in [6.07, 6.45) is 0. The molecule has 0 spiro atoms. The third-order valence-corrected chi connectivity index (χ3v) is 4.46. The molecule has 0 radical (unpaired) electrons. The summed E-state index contributed by atoms with van der Waals surface area (Å²) in [5, 5.41) is 3.33. The lowest BCUT2D eigenvalue weighted by Gasteiger charge is -2.23. The monoisotopic (exact) mass is 362 g/mol. The highest BCUT2D eigenvalue weighted by molar-refractivity contribution is 8.93. The summed E-state index contributed by atoms with van der Waals surface area (Å²) in [7, 11) is 0. The van der Waals surface area contributed by atoms with Crippen molar-refractivity contribution in [2.75, 3.05) is 18.0 Å². The molecule has 1 aromatic carbocycles. The molecule has 21 heavy (non-hydrogen) atoms. The highest BCUT2D eigenvalue weighted by atomic mass is 79.9. The van der Waals surface area contributed by atoms with Crippen molar-refractivity contribution in [2.45, 2.75) is 13.8 Å². The average Bonchev–Trinajstić information content (AvgIpc) is 3.02. The lowest BCUT2D eigenvalue weighted by molar-refractivity contribution is 0.870. The van der Waals surface area contributed by atoms with E-state index in [4.69, 9.17) is 4.98 Å². The first-order valence-electron chi connectivity index (χ1n) is 7.02. The van der Waals surface area contributed by atoms with Gasteiger partial charge in [-0.25, -0.2) is 4.98 Å². The molecular weight excluding hydrogens is 344 g/mol. The number of aromatic nitrogens is 1. The van der Waals surface area contributed by atoms with Gasteiger partial charge in [-0.2, -0.15) is 0 Å². The maximum absolute atomic E-state index is 4.81. The summed E-state index contributed by atoms with van der Waals surface area (Å²) in [5.74, 6) is 0. The van der Waals surface area contributed by atoms with E-state index in [2.05, 4.69) is 66.6 Å². The Morgan fingerprint density at radius 1 is 1.05 bits per heavy atom. The van der Waals surface area contributed by atoms with E-state index in [1.54, 1.807) is 11.3 Å². The normalized spacial score (nSPS) is 10.4. The van der Waals surface area contributed by atoms with Gasteiger partial charge >= 0.3 is 0 Å². The summed E-state index contributed by atoms with van der Waals surface area (Å²) in [6, 6.07) is 14.8. The van der Waals surface area contributed by atoms with Crippen molar-refractivity contribution in [1.82, 2.24) is 4.98 Å². The Hall–Kier alpha value is -1.39. The predicted molar refractivity (Wildman–Crippen MR) is 98.9 cm³/mol. The maximum atomic E-state index is 4.81. The largest absolute Gasteiger partial charge is 0.371 e. The Morgan fingerprint density at radius 3 is 2.48 bits per heavy atom. The molecule has 0 aliphatic heterocycles. The number of para-hydroxylation sites is 1. The number of thiophene rings is 1. The van der Waals surface area contributed by atoms with Crippen molar-refractivity contribution >= 4 is 44.9 Å². The maximum Gasteiger partial charge on any atom is 0.0830 e. The first-order valence-corrected chi connectivity index (χ1v) is 7.90. The second kappa shape index (κ2) is 7.05. The standard InChI is InChI=1S/C17H18N2S.BrH/c1-3-19(4-2)16-12-15(17-10-7-11-20-17)18-14-9-6-5-8-13(14)16;/h5-12H,3-4H2,1-2H3;1H. The second-order valence-corrected chi connectivity index (χ2v) is 5.64. The molecule has 0 unspecified atom stereocenters. The van der Waals surface area contributed by atoms with Crippen molar-refractivity contribution in [2.24, 2.45) is 0 Å². The van der Waals surface area contributed by atoms with Crippen LogP contribution in [0.5, 0.6) is 0 Å². The van der Waals surface area contributed by atoms with Crippen LogP contribution in [0.4, 0.5) is 5.69 Å². The number of fused-ring (bicyclic) bond motifs is 1. The quantitative estimate of drug-likeness (QED) is 0.618. The average molecular weight is 363 g/mol. The molecule has 2 nitrogen and oxygen atoms in total. The molecule has 0 bridgehead atoms. The van der Waals surface area contributed by atoms with Crippen LogP contribution in [-0.2, 0) is 0 Å². The van der Waals surface area contributed by atoms with Crippen molar-refractivity contribution in [3.63, 3.8) is 0 Å². The Bertz CT molecular complexity index is 706. The fourth-order valence-electron chi connectivity index (χ4n) is 2.53. The highest BCUT2D eigenvalue weighted by Gasteiger charge is 2.11. The van der Waals surface area contributed by atoms with Crippen LogP contribution in [0.1, 0.15) is 13.8 Å². The van der Waals surface area contributed by atoms with Gasteiger partial charge in [0, 0.05) is 24.2 Å². The van der Waals surface area contributed by atoms with E-state index in [1.165, 1.54) is 16.0 Å². The highest BCUT2D eigenvalue weighted by Crippen LogP contribution is 2.32. The molecule has 4 heteroatoms. The van der Waals surface area contributed by atoms with Gasteiger partial charge in [0.15, 0.2) is 0 Å². The van der Waals surface area contributed by atoms with Crippen LogP contribution in [-0.4, -0.2) is 18.1 Å². The van der Waals surface area contributed by atoms with Crippen molar-refractivity contribution in [3.8, 4) is 10.6 Å². The van der Waals surface area contributed by atoms with Gasteiger partial charge in [-0.1, -0.05) is 24.3 Å². The van der Waals surface area contributed by atoms with Crippen molar-refractivity contribution in [1.29, 1.82) is 0 Å². The Labute approximate surface area is 140 Å². The number of hydrogen-bond acceptors (Lipinski definition) is 3. The molecule has 0 saturated carbocycles. The van der Waals surface area contributed by atoms with E-state index < -0.39 is 0 Å². The first-order chi connectivity index (χ1) is 9.83. The Morgan fingerprint density at radius 2 is 1.81 bits per heavy atom. The van der Waals surface area contributed by atoms with E-state index in [9.17, 15) is 0 Å². The molecule has 0 aliphatic carbocycles. The molecule has 0 saturated heterocycles. The SMILES string of the molecule is Br.CCN(CC)c1cc(-c2cccs2)nc2ccccc12. The predicted octanol–water partition coefficient (Wildman–Crippen LogP) is 5.39. The lowest BCUT2D eigenvalue weighted by atomic mass is 10.1. The van der Waals surface area contributed by atoms with E-state index in [1.807, 2.05) is 0 Å². The van der Waals surface area contributed by atoms with Crippen LogP contribution < -0.4 is 4.90 Å². The molecule has 2 aromatic heterocycles. The van der Waals surface area contributed by atoms with Gasteiger partial charge in [-0.05, 0) is 37.4 Å². The van der Waals surface area contributed by atoms with Gasteiger partial charge < -0.3 is 4.90 Å². The molecule has 0 aliphatic rings. The molecule has 110 valence electrons. The molecule has 2 heterocycles. The minimum atomic E-state index is 0. The molecule has 0 atom stereocenters. The van der Waals surface area contributed by atoms with Crippen LogP contribution >= 0.6 is 28.3 Å². The van der Waals surface area contributed by atoms with Crippen molar-refractivity contribution in [3.05, 3.63) is 47.8 Å². The molecule has 0 amide bonds. The van der Waals surface area contributed by atoms with Crippen LogP contribution in [0.15, 0.2) is 47.8 Å². The molecule has 3 aromatic rings. The Kier molecular flexibility index (Phi) is 5.37. The van der Waals surface area contributed by atoms with Crippen LogP contribution in [0.3, 0.4) is 0 Å². The fraction of sp³-hybridized carbons (Fsp3) is 0.235. The van der Waals surface area contributed by atoms with Gasteiger partial charge in [-0.15, -0.1) is 28.3 Å². The number of pyridine rings is 1. The van der Waals surface area contributed by atoms with E-state index in [0.29, 0.717) is 0 Å². The Balaban J connectivity index is 0.00000161. The molecule has 3 rings (SSSR count). The van der Waals surface area contributed by atoms with Crippen molar-refractivity contribution < 1.29 is 0 Å². The van der Waals surface area contributed by atoms with Gasteiger partial charge in [0.05, 0.1) is 16.1 Å². The fourth-order valence-corrected chi connectivity index (χ4v) is 3.22. The van der Waals surface area contributed by atoms with E-state index >= 15 is 0 Å². The summed E-state index contributed by atoms with van der Waals surface area (Å²) in [5.41, 5.74) is 3.42. The number of anilines is 1. The van der Waals surface area contributed by atoms with E-state index in [-0.39, 0.29) is 17.0 Å². The van der Waals surface area contributed by atoms with Crippen LogP contribution in [0.2, 0.25) is 0 Å². The van der Waals surface area contributed by atoms with Gasteiger partial charge in [-0.3, -0.25) is 0 Å². The van der Waals surface area contributed by atoms with Crippen LogP contribution in [0, 0.1) is 0 Å². The summed E-state index contributed by atoms with van der Waals surface area (Å²) in [6.45, 7) is 6.41. The minimum absolute atomic E-state index is 0. The smallest absolute Gasteiger partial charge is 0.0830 e. The zero-order valence-corrected chi connectivity index (χ0v) is 14.8. The van der Waals surface area contributed by atoms with Crippen LogP contribution in [0.25, 0.3) is 21.5 Å². The number of rotatable bonds is 4. The van der Waals surface area contributed by atoms with Gasteiger partial charge in [0.25, 0.3) is 0 Å². The number of hydrogen-bond donors (Lipinski definition) is 0. The molecule has 0 N–H and O–H groups in total. The first kappa shape index (κ1) is 16.0. The second-order valence-electron chi connectivity index (χ2n) is 4.69. The minimum Gasteiger partial charge on any atom is -0.371 e. The topological polar surface area (TPSA) is 16.1 Å². The third kappa shape index (κ3) is 3.11.